The van der Waals surface area contributed by atoms with Crippen molar-refractivity contribution < 1.29 is 4.79 Å². The molecule has 4 nitrogen and oxygen atoms in total. The average molecular weight is 136 g/mol. The zero-order valence-electron chi connectivity index (χ0n) is 5.00. The van der Waals surface area contributed by atoms with Crippen LogP contribution in [0.4, 0.5) is 0 Å². The first-order valence-corrected chi connectivity index (χ1v) is 2.60. The number of nitroso groups, excluding NO2 is 1. The highest BCUT2D eigenvalue weighted by Gasteiger charge is 2.08. The van der Waals surface area contributed by atoms with Crippen LogP contribution in [0.2, 0.25) is 0 Å². The smallest absolute Gasteiger partial charge is 0.181 e. The van der Waals surface area contributed by atoms with E-state index in [9.17, 15) is 9.70 Å². The number of nitrogens with one attached hydrogen (secondary N) is 1. The van der Waals surface area contributed by atoms with Crippen LogP contribution in [-0.2, 0) is 4.79 Å². The number of rotatable bonds is 1. The molecule has 0 aromatic carbocycles. The van der Waals surface area contributed by atoms with E-state index in [1.807, 2.05) is 0 Å². The Bertz CT molecular complexity index is 263. The maximum absolute atomic E-state index is 10.5. The lowest BCUT2D eigenvalue weighted by Gasteiger charge is -1.97. The summed E-state index contributed by atoms with van der Waals surface area (Å²) < 4.78 is 0. The van der Waals surface area contributed by atoms with Gasteiger partial charge >= 0.3 is 0 Å². The van der Waals surface area contributed by atoms with Crippen molar-refractivity contribution in [2.75, 3.05) is 0 Å². The first-order chi connectivity index (χ1) is 4.74. The van der Waals surface area contributed by atoms with Crippen LogP contribution in [0.1, 0.15) is 0 Å². The number of nitrogens with zero attached hydrogens (tertiary/aromatic N) is 1. The number of ketones is 1. The van der Waals surface area contributed by atoms with Crippen molar-refractivity contribution in [2.24, 2.45) is 5.18 Å². The summed E-state index contributed by atoms with van der Waals surface area (Å²) in [6, 6.07) is 0. The summed E-state index contributed by atoms with van der Waals surface area (Å²) in [5.41, 5.74) is -0.123. The zero-order chi connectivity index (χ0) is 7.56. The van der Waals surface area contributed by atoms with E-state index in [2.05, 4.69) is 5.18 Å². The molecule has 1 aliphatic rings. The number of hydrogen-bond acceptors (Lipinski definition) is 4. The van der Waals surface area contributed by atoms with E-state index in [1.54, 1.807) is 0 Å². The fraction of sp³-hybridized carbons (Fsp3) is 0. The molecule has 0 aliphatic heterocycles. The monoisotopic (exact) mass is 136 g/mol. The van der Waals surface area contributed by atoms with Gasteiger partial charge in [0.25, 0.3) is 0 Å². The van der Waals surface area contributed by atoms with Gasteiger partial charge in [-0.3, -0.25) is 10.2 Å². The van der Waals surface area contributed by atoms with Gasteiger partial charge < -0.3 is 0 Å². The molecule has 1 N–H and O–H groups in total. The molecule has 0 fully saturated rings. The van der Waals surface area contributed by atoms with Gasteiger partial charge in [0.2, 0.25) is 0 Å². The lowest BCUT2D eigenvalue weighted by molar-refractivity contribution is -0.110. The topological polar surface area (TPSA) is 70.3 Å². The molecule has 1 aliphatic carbocycles. The van der Waals surface area contributed by atoms with E-state index < -0.39 is 0 Å². The molecule has 1 rings (SSSR count). The second kappa shape index (κ2) is 2.34. The van der Waals surface area contributed by atoms with Crippen molar-refractivity contribution in [1.29, 1.82) is 5.41 Å². The van der Waals surface area contributed by atoms with Gasteiger partial charge in [0.05, 0.1) is 5.71 Å². The van der Waals surface area contributed by atoms with Crippen LogP contribution in [0.15, 0.2) is 29.1 Å². The van der Waals surface area contributed by atoms with Gasteiger partial charge in [-0.1, -0.05) is 0 Å². The van der Waals surface area contributed by atoms with Crippen molar-refractivity contribution in [2.45, 2.75) is 0 Å². The second-order valence-corrected chi connectivity index (χ2v) is 1.77. The van der Waals surface area contributed by atoms with Gasteiger partial charge in [-0.15, -0.1) is 4.91 Å². The molecule has 10 heavy (non-hydrogen) atoms. The van der Waals surface area contributed by atoms with Crippen LogP contribution in [0.5, 0.6) is 0 Å². The van der Waals surface area contributed by atoms with Crippen molar-refractivity contribution in [1.82, 2.24) is 0 Å². The Labute approximate surface area is 56.7 Å². The molecule has 0 atom stereocenters. The Balaban J connectivity index is 3.00. The molecule has 50 valence electrons. The molecular formula is C6H4N2O2. The first-order valence-electron chi connectivity index (χ1n) is 2.60. The number of carbonyl (C=O) groups excluding carboxylic acids is 1. The molecular weight excluding hydrogens is 132 g/mol. The van der Waals surface area contributed by atoms with Crippen LogP contribution in [0.25, 0.3) is 0 Å². The maximum atomic E-state index is 10.5. The molecule has 0 saturated heterocycles. The molecule has 0 bridgehead atoms. The highest BCUT2D eigenvalue weighted by atomic mass is 16.3. The van der Waals surface area contributed by atoms with Crippen molar-refractivity contribution in [3.05, 3.63) is 28.8 Å². The van der Waals surface area contributed by atoms with Crippen molar-refractivity contribution in [3.8, 4) is 0 Å². The minimum atomic E-state index is -0.300. The molecule has 0 aromatic rings. The van der Waals surface area contributed by atoms with E-state index in [-0.39, 0.29) is 17.2 Å². The molecule has 0 saturated carbocycles. The van der Waals surface area contributed by atoms with Gasteiger partial charge in [-0.2, -0.15) is 0 Å². The number of allylic oxidation sites excluding steroid dienone is 3. The molecule has 0 unspecified atom stereocenters. The summed E-state index contributed by atoms with van der Waals surface area (Å²) in [5, 5.41) is 9.53. The van der Waals surface area contributed by atoms with Crippen LogP contribution in [0.3, 0.4) is 0 Å². The molecule has 0 heterocycles. The van der Waals surface area contributed by atoms with Gasteiger partial charge in [-0.25, -0.2) is 0 Å². The predicted molar refractivity (Wildman–Crippen MR) is 35.8 cm³/mol. The third kappa shape index (κ3) is 1.05. The number of hydrogen-bond donors (Lipinski definition) is 1. The third-order valence-electron chi connectivity index (χ3n) is 1.07. The van der Waals surface area contributed by atoms with Gasteiger partial charge in [0.1, 0.15) is 5.70 Å². The SMILES string of the molecule is N=C1C=CC(=O)C=C1N=O. The summed E-state index contributed by atoms with van der Waals surface area (Å²) in [5.74, 6) is -0.300. The van der Waals surface area contributed by atoms with E-state index >= 15 is 0 Å². The summed E-state index contributed by atoms with van der Waals surface area (Å²) in [6.45, 7) is 0. The van der Waals surface area contributed by atoms with E-state index in [1.165, 1.54) is 12.2 Å². The lowest BCUT2D eigenvalue weighted by Crippen LogP contribution is -2.04. The van der Waals surface area contributed by atoms with Crippen molar-refractivity contribution in [3.63, 3.8) is 0 Å². The summed E-state index contributed by atoms with van der Waals surface area (Å²) in [6.07, 6.45) is 3.51. The minimum absolute atomic E-state index is 0.0189. The highest BCUT2D eigenvalue weighted by molar-refractivity contribution is 6.18. The summed E-state index contributed by atoms with van der Waals surface area (Å²) in [4.78, 5) is 20.4. The highest BCUT2D eigenvalue weighted by Crippen LogP contribution is 2.05. The van der Waals surface area contributed by atoms with Crippen LogP contribution >= 0.6 is 0 Å². The van der Waals surface area contributed by atoms with Gasteiger partial charge in [-0.05, 0) is 17.3 Å². The predicted octanol–water partition coefficient (Wildman–Crippen LogP) is 0.795. The Morgan fingerprint density at radius 1 is 1.40 bits per heavy atom. The molecule has 0 spiro atoms. The standard InChI is InChI=1S/C6H4N2O2/c7-5-2-1-4(9)3-6(5)8-10/h1-3,7H. The lowest BCUT2D eigenvalue weighted by atomic mass is 10.1. The maximum Gasteiger partial charge on any atom is 0.181 e. The normalized spacial score (nSPS) is 17.0. The first kappa shape index (κ1) is 6.54. The van der Waals surface area contributed by atoms with Crippen LogP contribution in [-0.4, -0.2) is 11.5 Å². The largest absolute Gasteiger partial charge is 0.298 e. The van der Waals surface area contributed by atoms with E-state index in [4.69, 9.17) is 5.41 Å². The second-order valence-electron chi connectivity index (χ2n) is 1.77. The Morgan fingerprint density at radius 2 is 2.10 bits per heavy atom. The van der Waals surface area contributed by atoms with Crippen LogP contribution in [0, 0.1) is 10.3 Å². The average Bonchev–Trinajstić information content (AvgIpc) is 1.94. The Kier molecular flexibility index (Phi) is 1.53. The Hall–Kier alpha value is -1.58. The molecule has 4 heteroatoms. The van der Waals surface area contributed by atoms with Crippen molar-refractivity contribution >= 4 is 11.5 Å². The summed E-state index contributed by atoms with van der Waals surface area (Å²) >= 11 is 0. The van der Waals surface area contributed by atoms with Gasteiger partial charge in [0, 0.05) is 6.08 Å². The quantitative estimate of drug-likeness (QED) is 0.427. The Morgan fingerprint density at radius 3 is 2.60 bits per heavy atom. The third-order valence-corrected chi connectivity index (χ3v) is 1.07. The zero-order valence-corrected chi connectivity index (χ0v) is 5.00. The number of carbonyl (C=O) groups is 1. The molecule has 0 radical (unpaired) electrons. The fourth-order valence-corrected chi connectivity index (χ4v) is 0.587. The fourth-order valence-electron chi connectivity index (χ4n) is 0.587. The van der Waals surface area contributed by atoms with Crippen LogP contribution < -0.4 is 0 Å². The summed E-state index contributed by atoms with van der Waals surface area (Å²) in [7, 11) is 0. The van der Waals surface area contributed by atoms with Gasteiger partial charge in [0.15, 0.2) is 5.78 Å². The van der Waals surface area contributed by atoms with E-state index in [0.717, 1.165) is 6.08 Å². The van der Waals surface area contributed by atoms with E-state index in [0.29, 0.717) is 0 Å². The molecule has 0 amide bonds. The minimum Gasteiger partial charge on any atom is -0.298 e. The molecule has 0 aromatic heterocycles.